The van der Waals surface area contributed by atoms with E-state index in [0.717, 1.165) is 0 Å². The molecule has 0 bridgehead atoms. The van der Waals surface area contributed by atoms with Gasteiger partial charge in [-0.2, -0.15) is 0 Å². The molecule has 1 heterocycles. The Morgan fingerprint density at radius 2 is 1.71 bits per heavy atom. The third-order valence-corrected chi connectivity index (χ3v) is 3.97. The summed E-state index contributed by atoms with van der Waals surface area (Å²) in [6, 6.07) is 15.8. The number of esters is 1. The maximum Gasteiger partial charge on any atom is 0.323 e. The zero-order chi connectivity index (χ0) is 17.1. The van der Waals surface area contributed by atoms with Gasteiger partial charge in [0.15, 0.2) is 11.7 Å². The molecule has 0 radical (unpaired) electrons. The summed E-state index contributed by atoms with van der Waals surface area (Å²) < 4.78 is 5.02. The van der Waals surface area contributed by atoms with Gasteiger partial charge in [0.25, 0.3) is 0 Å². The lowest BCUT2D eigenvalue weighted by Gasteiger charge is -2.17. The normalized spacial score (nSPS) is 16.0. The fourth-order valence-electron chi connectivity index (χ4n) is 2.86. The largest absolute Gasteiger partial charge is 0.465 e. The fourth-order valence-corrected chi connectivity index (χ4v) is 2.86. The molecule has 1 unspecified atom stereocenters. The number of Topliss-reactive ketones (excluding diaryl/α,β-unsaturated/α-hetero) is 1. The number of hydrogen-bond donors (Lipinski definition) is 0. The Hall–Kier alpha value is -2.95. The number of amides is 1. The molecule has 0 N–H and O–H groups in total. The quantitative estimate of drug-likeness (QED) is 0.482. The first-order chi connectivity index (χ1) is 11.6. The van der Waals surface area contributed by atoms with Crippen molar-refractivity contribution in [2.24, 2.45) is 0 Å². The van der Waals surface area contributed by atoms with Crippen LogP contribution in [-0.2, 0) is 14.3 Å². The number of carbonyl (C=O) groups is 3. The van der Waals surface area contributed by atoms with Crippen LogP contribution in [0.1, 0.15) is 28.8 Å². The number of rotatable bonds is 5. The Bertz CT molecular complexity index is 785. The molecule has 24 heavy (non-hydrogen) atoms. The molecule has 1 aliphatic rings. The van der Waals surface area contributed by atoms with Crippen molar-refractivity contribution in [2.45, 2.75) is 12.8 Å². The van der Waals surface area contributed by atoms with Crippen molar-refractivity contribution in [1.29, 1.82) is 0 Å². The van der Waals surface area contributed by atoms with Crippen LogP contribution in [0.15, 0.2) is 54.6 Å². The van der Waals surface area contributed by atoms with Gasteiger partial charge in [-0.1, -0.05) is 48.5 Å². The van der Waals surface area contributed by atoms with Crippen LogP contribution in [0.2, 0.25) is 0 Å². The SMILES string of the molecule is CCOC(=O)C1C(=O)N(CC(=O)c2ccccc2)c2ccccc21. The van der Waals surface area contributed by atoms with Gasteiger partial charge in [-0.3, -0.25) is 14.4 Å². The molecule has 5 heteroatoms. The van der Waals surface area contributed by atoms with Gasteiger partial charge in [0, 0.05) is 11.3 Å². The minimum absolute atomic E-state index is 0.101. The number of carbonyl (C=O) groups excluding carboxylic acids is 3. The molecule has 2 aromatic carbocycles. The minimum Gasteiger partial charge on any atom is -0.465 e. The highest BCUT2D eigenvalue weighted by Gasteiger charge is 2.43. The zero-order valence-corrected chi connectivity index (χ0v) is 13.3. The standard InChI is InChI=1S/C19H17NO4/c1-2-24-19(23)17-14-10-6-7-11-15(14)20(18(17)22)12-16(21)13-8-4-3-5-9-13/h3-11,17H,2,12H2,1H3. The van der Waals surface area contributed by atoms with Crippen molar-refractivity contribution in [2.75, 3.05) is 18.1 Å². The van der Waals surface area contributed by atoms with E-state index in [1.807, 2.05) is 6.07 Å². The average molecular weight is 323 g/mol. The first kappa shape index (κ1) is 15.9. The Morgan fingerprint density at radius 3 is 2.42 bits per heavy atom. The van der Waals surface area contributed by atoms with Crippen molar-refractivity contribution in [3.63, 3.8) is 0 Å². The van der Waals surface area contributed by atoms with Crippen molar-refractivity contribution < 1.29 is 19.1 Å². The van der Waals surface area contributed by atoms with Crippen LogP contribution in [-0.4, -0.2) is 30.8 Å². The molecule has 0 spiro atoms. The van der Waals surface area contributed by atoms with Crippen LogP contribution in [0.4, 0.5) is 5.69 Å². The smallest absolute Gasteiger partial charge is 0.323 e. The van der Waals surface area contributed by atoms with Gasteiger partial charge in [0.05, 0.1) is 13.2 Å². The van der Waals surface area contributed by atoms with E-state index in [4.69, 9.17) is 4.74 Å². The summed E-state index contributed by atoms with van der Waals surface area (Å²) >= 11 is 0. The van der Waals surface area contributed by atoms with Gasteiger partial charge < -0.3 is 9.64 Å². The van der Waals surface area contributed by atoms with E-state index in [1.54, 1.807) is 55.5 Å². The first-order valence-electron chi connectivity index (χ1n) is 7.78. The molecule has 0 saturated heterocycles. The molecule has 5 nitrogen and oxygen atoms in total. The van der Waals surface area contributed by atoms with E-state index >= 15 is 0 Å². The van der Waals surface area contributed by atoms with Crippen LogP contribution in [0.5, 0.6) is 0 Å². The minimum atomic E-state index is -0.996. The number of anilines is 1. The Kier molecular flexibility index (Phi) is 4.42. The summed E-state index contributed by atoms with van der Waals surface area (Å²) in [6.45, 7) is 1.80. The third kappa shape index (κ3) is 2.80. The number of fused-ring (bicyclic) bond motifs is 1. The molecule has 2 aromatic rings. The van der Waals surface area contributed by atoms with Crippen molar-refractivity contribution in [3.8, 4) is 0 Å². The lowest BCUT2D eigenvalue weighted by molar-refractivity contribution is -0.147. The predicted octanol–water partition coefficient (Wildman–Crippen LogP) is 2.56. The summed E-state index contributed by atoms with van der Waals surface area (Å²) in [6.07, 6.45) is 0. The summed E-state index contributed by atoms with van der Waals surface area (Å²) in [5, 5.41) is 0. The number of nitrogens with zero attached hydrogens (tertiary/aromatic N) is 1. The molecule has 122 valence electrons. The summed E-state index contributed by atoms with van der Waals surface area (Å²) in [5.74, 6) is -2.17. The van der Waals surface area contributed by atoms with Gasteiger partial charge in [0.2, 0.25) is 5.91 Å². The molecule has 0 fully saturated rings. The molecular weight excluding hydrogens is 306 g/mol. The van der Waals surface area contributed by atoms with E-state index in [0.29, 0.717) is 16.8 Å². The first-order valence-corrected chi connectivity index (χ1v) is 7.78. The van der Waals surface area contributed by atoms with E-state index < -0.39 is 17.8 Å². The van der Waals surface area contributed by atoms with Crippen LogP contribution in [0, 0.1) is 0 Å². The highest BCUT2D eigenvalue weighted by atomic mass is 16.5. The van der Waals surface area contributed by atoms with E-state index in [2.05, 4.69) is 0 Å². The van der Waals surface area contributed by atoms with Crippen molar-refractivity contribution in [1.82, 2.24) is 0 Å². The maximum atomic E-state index is 12.7. The number of ether oxygens (including phenoxy) is 1. The second kappa shape index (κ2) is 6.66. The van der Waals surface area contributed by atoms with Crippen LogP contribution >= 0.6 is 0 Å². The van der Waals surface area contributed by atoms with Crippen LogP contribution in [0.3, 0.4) is 0 Å². The molecule has 0 aromatic heterocycles. The second-order valence-electron chi connectivity index (χ2n) is 5.46. The second-order valence-corrected chi connectivity index (χ2v) is 5.46. The lowest BCUT2D eigenvalue weighted by Crippen LogP contribution is -2.36. The number of hydrogen-bond acceptors (Lipinski definition) is 4. The maximum absolute atomic E-state index is 12.7. The number of ketones is 1. The van der Waals surface area contributed by atoms with E-state index in [-0.39, 0.29) is 18.9 Å². The number of benzene rings is 2. The summed E-state index contributed by atoms with van der Waals surface area (Å²) in [7, 11) is 0. The molecular formula is C19H17NO4. The van der Waals surface area contributed by atoms with Gasteiger partial charge in [-0.15, -0.1) is 0 Å². The van der Waals surface area contributed by atoms with Gasteiger partial charge in [-0.05, 0) is 18.6 Å². The van der Waals surface area contributed by atoms with E-state index in [1.165, 1.54) is 4.90 Å². The molecule has 3 rings (SSSR count). The van der Waals surface area contributed by atoms with Crippen LogP contribution < -0.4 is 4.90 Å². The van der Waals surface area contributed by atoms with Crippen molar-refractivity contribution >= 4 is 23.3 Å². The Labute approximate surface area is 139 Å². The summed E-state index contributed by atoms with van der Waals surface area (Å²) in [4.78, 5) is 38.7. The lowest BCUT2D eigenvalue weighted by atomic mass is 10.0. The molecule has 1 atom stereocenters. The Balaban J connectivity index is 1.90. The highest BCUT2D eigenvalue weighted by molar-refractivity contribution is 6.18. The third-order valence-electron chi connectivity index (χ3n) is 3.97. The predicted molar refractivity (Wildman–Crippen MR) is 88.9 cm³/mol. The summed E-state index contributed by atoms with van der Waals surface area (Å²) in [5.41, 5.74) is 1.70. The van der Waals surface area contributed by atoms with Gasteiger partial charge >= 0.3 is 5.97 Å². The van der Waals surface area contributed by atoms with Crippen molar-refractivity contribution in [3.05, 3.63) is 65.7 Å². The molecule has 0 saturated carbocycles. The van der Waals surface area contributed by atoms with Gasteiger partial charge in [-0.25, -0.2) is 0 Å². The highest BCUT2D eigenvalue weighted by Crippen LogP contribution is 2.37. The topological polar surface area (TPSA) is 63.7 Å². The zero-order valence-electron chi connectivity index (χ0n) is 13.3. The van der Waals surface area contributed by atoms with Gasteiger partial charge in [0.1, 0.15) is 0 Å². The molecule has 1 amide bonds. The Morgan fingerprint density at radius 1 is 1.04 bits per heavy atom. The molecule has 0 aliphatic carbocycles. The molecule has 1 aliphatic heterocycles. The monoisotopic (exact) mass is 323 g/mol. The fraction of sp³-hybridized carbons (Fsp3) is 0.211. The number of para-hydroxylation sites is 1. The van der Waals surface area contributed by atoms with Crippen LogP contribution in [0.25, 0.3) is 0 Å². The van der Waals surface area contributed by atoms with E-state index in [9.17, 15) is 14.4 Å². The average Bonchev–Trinajstić information content (AvgIpc) is 2.88.